The summed E-state index contributed by atoms with van der Waals surface area (Å²) in [7, 11) is 0. The second-order valence-electron chi connectivity index (χ2n) is 4.79. The Bertz CT molecular complexity index is 888. The first-order valence-electron chi connectivity index (χ1n) is 6.46. The number of phenolic OH excluding ortho intramolecular Hbond substituents is 1. The van der Waals surface area contributed by atoms with Crippen LogP contribution in [0.2, 0.25) is 0 Å². The van der Waals surface area contributed by atoms with Crippen LogP contribution in [-0.2, 0) is 0 Å². The SMILES string of the molecule is CC(=O)c1c(O)oc(=O)c(C(C)=Nc2ccc(N)c(O)c2)c1O.Cl. The van der Waals surface area contributed by atoms with Gasteiger partial charge < -0.3 is 25.5 Å². The number of rotatable bonds is 3. The first-order valence-corrected chi connectivity index (χ1v) is 6.46. The van der Waals surface area contributed by atoms with Crippen molar-refractivity contribution in [3.05, 3.63) is 39.7 Å². The topological polar surface area (TPSA) is 146 Å². The Morgan fingerprint density at radius 1 is 1.17 bits per heavy atom. The summed E-state index contributed by atoms with van der Waals surface area (Å²) in [6.45, 7) is 2.50. The smallest absolute Gasteiger partial charge is 0.351 e. The molecule has 9 heteroatoms. The second-order valence-corrected chi connectivity index (χ2v) is 4.79. The van der Waals surface area contributed by atoms with Crippen LogP contribution in [0.25, 0.3) is 0 Å². The number of benzene rings is 1. The van der Waals surface area contributed by atoms with E-state index in [1.807, 2.05) is 0 Å². The minimum atomic E-state index is -1.05. The van der Waals surface area contributed by atoms with Gasteiger partial charge in [0.2, 0.25) is 0 Å². The number of hydrogen-bond donors (Lipinski definition) is 4. The summed E-state index contributed by atoms with van der Waals surface area (Å²) in [5.74, 6) is -2.54. The van der Waals surface area contributed by atoms with Crippen LogP contribution in [0.5, 0.6) is 17.4 Å². The molecule has 24 heavy (non-hydrogen) atoms. The Balaban J connectivity index is 0.00000288. The van der Waals surface area contributed by atoms with E-state index in [0.29, 0.717) is 0 Å². The van der Waals surface area contributed by atoms with Crippen molar-refractivity contribution in [1.29, 1.82) is 0 Å². The van der Waals surface area contributed by atoms with Crippen molar-refractivity contribution in [3.63, 3.8) is 0 Å². The van der Waals surface area contributed by atoms with Gasteiger partial charge in [0.05, 0.1) is 17.1 Å². The summed E-state index contributed by atoms with van der Waals surface area (Å²) in [6, 6.07) is 4.18. The van der Waals surface area contributed by atoms with Crippen LogP contribution in [0, 0.1) is 0 Å². The van der Waals surface area contributed by atoms with E-state index >= 15 is 0 Å². The van der Waals surface area contributed by atoms with E-state index in [1.165, 1.54) is 25.1 Å². The Hall–Kier alpha value is -3.00. The highest BCUT2D eigenvalue weighted by molar-refractivity contribution is 6.07. The molecule has 128 valence electrons. The van der Waals surface area contributed by atoms with E-state index in [0.717, 1.165) is 6.92 Å². The number of anilines is 1. The standard InChI is InChI=1S/C15H14N2O6.ClH/c1-6(17-8-3-4-9(16)10(19)5-8)11-13(20)12(7(2)18)15(22)23-14(11)21;/h3-5,19-20,22H,16H2,1-2H3;1H. The van der Waals surface area contributed by atoms with Gasteiger partial charge in [0.25, 0.3) is 5.95 Å². The van der Waals surface area contributed by atoms with Crippen molar-refractivity contribution >= 4 is 35.3 Å². The van der Waals surface area contributed by atoms with Crippen LogP contribution in [0.4, 0.5) is 11.4 Å². The van der Waals surface area contributed by atoms with Crippen LogP contribution < -0.4 is 11.4 Å². The number of hydrogen-bond acceptors (Lipinski definition) is 8. The lowest BCUT2D eigenvalue weighted by molar-refractivity contribution is 0.100. The average Bonchev–Trinajstić information content (AvgIpc) is 2.41. The van der Waals surface area contributed by atoms with Gasteiger partial charge in [-0.1, -0.05) is 0 Å². The number of carbonyl (C=O) groups excluding carboxylic acids is 1. The summed E-state index contributed by atoms with van der Waals surface area (Å²) >= 11 is 0. The third-order valence-corrected chi connectivity index (χ3v) is 3.11. The molecule has 1 aromatic heterocycles. The molecular formula is C15H15ClN2O6. The molecule has 0 saturated carbocycles. The van der Waals surface area contributed by atoms with Crippen molar-refractivity contribution in [3.8, 4) is 17.4 Å². The molecule has 1 heterocycles. The predicted molar refractivity (Wildman–Crippen MR) is 90.0 cm³/mol. The molecule has 5 N–H and O–H groups in total. The maximum atomic E-state index is 11.8. The minimum Gasteiger partial charge on any atom is -0.506 e. The van der Waals surface area contributed by atoms with Gasteiger partial charge >= 0.3 is 5.63 Å². The quantitative estimate of drug-likeness (QED) is 0.285. The van der Waals surface area contributed by atoms with Gasteiger partial charge in [-0.15, -0.1) is 12.4 Å². The zero-order chi connectivity index (χ0) is 17.3. The van der Waals surface area contributed by atoms with Gasteiger partial charge in [0.1, 0.15) is 22.6 Å². The molecule has 0 saturated heterocycles. The largest absolute Gasteiger partial charge is 0.506 e. The summed E-state index contributed by atoms with van der Waals surface area (Å²) < 4.78 is 4.55. The lowest BCUT2D eigenvalue weighted by atomic mass is 10.1. The van der Waals surface area contributed by atoms with Gasteiger partial charge in [-0.05, 0) is 26.0 Å². The molecule has 0 fully saturated rings. The molecule has 0 unspecified atom stereocenters. The van der Waals surface area contributed by atoms with Gasteiger partial charge in [-0.2, -0.15) is 0 Å². The lowest BCUT2D eigenvalue weighted by Gasteiger charge is -2.07. The molecule has 0 amide bonds. The van der Waals surface area contributed by atoms with Crippen molar-refractivity contribution in [2.24, 2.45) is 4.99 Å². The number of carbonyl (C=O) groups is 1. The number of nitrogens with two attached hydrogens (primary N) is 1. The number of phenols is 1. The fourth-order valence-electron chi connectivity index (χ4n) is 2.00. The van der Waals surface area contributed by atoms with Gasteiger partial charge in [-0.25, -0.2) is 4.79 Å². The monoisotopic (exact) mass is 354 g/mol. The van der Waals surface area contributed by atoms with Gasteiger partial charge in [0.15, 0.2) is 5.78 Å². The maximum absolute atomic E-state index is 11.8. The van der Waals surface area contributed by atoms with E-state index in [4.69, 9.17) is 5.73 Å². The zero-order valence-corrected chi connectivity index (χ0v) is 13.5. The number of ketones is 1. The van der Waals surface area contributed by atoms with Crippen molar-refractivity contribution in [2.45, 2.75) is 13.8 Å². The number of Topliss-reactive ketones (excluding diaryl/α,β-unsaturated/α-hetero) is 1. The molecular weight excluding hydrogens is 340 g/mol. The van der Waals surface area contributed by atoms with E-state index < -0.39 is 28.7 Å². The highest BCUT2D eigenvalue weighted by Crippen LogP contribution is 2.30. The number of aliphatic imine (C=N–C) groups is 1. The highest BCUT2D eigenvalue weighted by Gasteiger charge is 2.23. The molecule has 2 rings (SSSR count). The molecule has 8 nitrogen and oxygen atoms in total. The van der Waals surface area contributed by atoms with Crippen LogP contribution in [0.3, 0.4) is 0 Å². The second kappa shape index (κ2) is 7.05. The van der Waals surface area contributed by atoms with Crippen LogP contribution in [0.15, 0.2) is 32.4 Å². The van der Waals surface area contributed by atoms with E-state index in [2.05, 4.69) is 9.41 Å². The number of nitrogens with zero attached hydrogens (tertiary/aromatic N) is 1. The fraction of sp³-hybridized carbons (Fsp3) is 0.133. The summed E-state index contributed by atoms with van der Waals surface area (Å²) in [5.41, 5.74) is 4.03. The van der Waals surface area contributed by atoms with E-state index in [-0.39, 0.29) is 40.8 Å². The average molecular weight is 355 g/mol. The summed E-state index contributed by atoms with van der Waals surface area (Å²) in [4.78, 5) is 27.4. The number of halogens is 1. The highest BCUT2D eigenvalue weighted by atomic mass is 35.5. The lowest BCUT2D eigenvalue weighted by Crippen LogP contribution is -2.15. The molecule has 2 aromatic rings. The normalized spacial score (nSPS) is 11.0. The van der Waals surface area contributed by atoms with Gasteiger partial charge in [0, 0.05) is 6.07 Å². The number of nitrogen functional groups attached to an aromatic ring is 1. The zero-order valence-electron chi connectivity index (χ0n) is 12.7. The fourth-order valence-corrected chi connectivity index (χ4v) is 2.00. The van der Waals surface area contributed by atoms with E-state index in [9.17, 15) is 24.9 Å². The Morgan fingerprint density at radius 2 is 1.79 bits per heavy atom. The first kappa shape index (κ1) is 19.0. The Kier molecular flexibility index (Phi) is 5.60. The summed E-state index contributed by atoms with van der Waals surface area (Å²) in [6.07, 6.45) is 0. The molecule has 0 aliphatic heterocycles. The molecule has 0 bridgehead atoms. The predicted octanol–water partition coefficient (Wildman–Crippen LogP) is 2.10. The molecule has 0 atom stereocenters. The van der Waals surface area contributed by atoms with Crippen molar-refractivity contribution in [2.75, 3.05) is 5.73 Å². The molecule has 1 aromatic carbocycles. The number of aromatic hydroxyl groups is 3. The Morgan fingerprint density at radius 3 is 2.33 bits per heavy atom. The van der Waals surface area contributed by atoms with Crippen LogP contribution >= 0.6 is 12.4 Å². The molecule has 0 spiro atoms. The maximum Gasteiger partial charge on any atom is 0.351 e. The summed E-state index contributed by atoms with van der Waals surface area (Å²) in [5, 5.41) is 29.1. The van der Waals surface area contributed by atoms with E-state index in [1.54, 1.807) is 0 Å². The third kappa shape index (κ3) is 3.49. The first-order chi connectivity index (χ1) is 10.7. The molecule has 0 aliphatic rings. The van der Waals surface area contributed by atoms with Crippen molar-refractivity contribution < 1.29 is 24.5 Å². The third-order valence-electron chi connectivity index (χ3n) is 3.11. The van der Waals surface area contributed by atoms with Gasteiger partial charge in [-0.3, -0.25) is 9.79 Å². The minimum absolute atomic E-state index is 0. The Labute approximate surface area is 142 Å². The van der Waals surface area contributed by atoms with Crippen LogP contribution in [-0.4, -0.2) is 26.8 Å². The van der Waals surface area contributed by atoms with Crippen LogP contribution in [0.1, 0.15) is 29.8 Å². The molecule has 0 radical (unpaired) electrons. The van der Waals surface area contributed by atoms with Crippen molar-refractivity contribution in [1.82, 2.24) is 0 Å². The molecule has 0 aliphatic carbocycles.